The average molecular weight is 307 g/mol. The number of hydrogen-bond donors (Lipinski definition) is 1. The van der Waals surface area contributed by atoms with Crippen LogP contribution in [0.5, 0.6) is 0 Å². The second kappa shape index (κ2) is 6.10. The largest absolute Gasteiger partial charge is 0.388 e. The van der Waals surface area contributed by atoms with Crippen LogP contribution >= 0.6 is 0 Å². The Labute approximate surface area is 138 Å². The zero-order valence-electron chi connectivity index (χ0n) is 13.6. The van der Waals surface area contributed by atoms with Crippen LogP contribution in [-0.4, -0.2) is 35.2 Å². The van der Waals surface area contributed by atoms with Crippen LogP contribution in [0.3, 0.4) is 0 Å². The summed E-state index contributed by atoms with van der Waals surface area (Å²) >= 11 is 0. The molecule has 0 amide bonds. The van der Waals surface area contributed by atoms with Gasteiger partial charge in [-0.2, -0.15) is 0 Å². The molecule has 3 heterocycles. The first-order valence-corrected chi connectivity index (χ1v) is 8.82. The van der Waals surface area contributed by atoms with Gasteiger partial charge < -0.3 is 10.0 Å². The molecule has 1 unspecified atom stereocenters. The molecular weight excluding hydrogens is 282 g/mol. The van der Waals surface area contributed by atoms with Gasteiger partial charge in [-0.3, -0.25) is 0 Å². The van der Waals surface area contributed by atoms with E-state index in [9.17, 15) is 5.11 Å². The van der Waals surface area contributed by atoms with Crippen molar-refractivity contribution in [3.8, 4) is 11.1 Å². The molecule has 23 heavy (non-hydrogen) atoms. The summed E-state index contributed by atoms with van der Waals surface area (Å²) in [6.07, 6.45) is 4.20. The molecule has 3 aliphatic rings. The number of aryl methyl sites for hydroxylation is 1. The van der Waals surface area contributed by atoms with Crippen LogP contribution < -0.4 is 0 Å². The van der Waals surface area contributed by atoms with E-state index in [2.05, 4.69) is 53.4 Å². The summed E-state index contributed by atoms with van der Waals surface area (Å²) in [5, 5.41) is 11.0. The molecule has 0 saturated carbocycles. The van der Waals surface area contributed by atoms with E-state index in [1.165, 1.54) is 42.6 Å². The summed E-state index contributed by atoms with van der Waals surface area (Å²) < 4.78 is 0. The zero-order valence-corrected chi connectivity index (χ0v) is 13.6. The van der Waals surface area contributed by atoms with Crippen LogP contribution in [0, 0.1) is 5.92 Å². The van der Waals surface area contributed by atoms with Crippen LogP contribution in [0.1, 0.15) is 24.8 Å². The van der Waals surface area contributed by atoms with E-state index >= 15 is 0 Å². The van der Waals surface area contributed by atoms with Gasteiger partial charge in [-0.25, -0.2) is 0 Å². The van der Waals surface area contributed by atoms with Gasteiger partial charge in [-0.1, -0.05) is 54.6 Å². The summed E-state index contributed by atoms with van der Waals surface area (Å²) in [6, 6.07) is 19.3. The van der Waals surface area contributed by atoms with Crippen molar-refractivity contribution in [2.24, 2.45) is 5.92 Å². The number of fused-ring (bicyclic) bond motifs is 3. The number of hydrogen-bond acceptors (Lipinski definition) is 2. The minimum atomic E-state index is -0.464. The summed E-state index contributed by atoms with van der Waals surface area (Å²) in [6.45, 7) is 3.23. The second-order valence-electron chi connectivity index (χ2n) is 7.22. The number of aliphatic hydroxyl groups is 1. The van der Waals surface area contributed by atoms with E-state index in [0.29, 0.717) is 5.92 Å². The van der Waals surface area contributed by atoms with Gasteiger partial charge in [-0.15, -0.1) is 0 Å². The van der Waals surface area contributed by atoms with E-state index in [1.807, 2.05) is 6.07 Å². The third-order valence-electron chi connectivity index (χ3n) is 5.75. The van der Waals surface area contributed by atoms with Gasteiger partial charge in [0.25, 0.3) is 0 Å². The van der Waals surface area contributed by atoms with Gasteiger partial charge in [0.2, 0.25) is 0 Å². The lowest BCUT2D eigenvalue weighted by Crippen LogP contribution is -2.59. The van der Waals surface area contributed by atoms with Crippen molar-refractivity contribution in [1.82, 2.24) is 4.90 Å². The summed E-state index contributed by atoms with van der Waals surface area (Å²) in [5.74, 6) is 0.510. The maximum Gasteiger partial charge on any atom is 0.0806 e. The zero-order chi connectivity index (χ0) is 15.7. The molecule has 5 rings (SSSR count). The lowest BCUT2D eigenvalue weighted by Gasteiger charge is -2.50. The predicted molar refractivity (Wildman–Crippen MR) is 94.3 cm³/mol. The molecule has 2 nitrogen and oxygen atoms in total. The van der Waals surface area contributed by atoms with Crippen molar-refractivity contribution in [3.05, 3.63) is 60.2 Å². The predicted octanol–water partition coefficient (Wildman–Crippen LogP) is 3.74. The highest BCUT2D eigenvalue weighted by Crippen LogP contribution is 2.38. The van der Waals surface area contributed by atoms with Gasteiger partial charge in [-0.05, 0) is 61.4 Å². The lowest BCUT2D eigenvalue weighted by atomic mass is 9.73. The number of piperidine rings is 3. The fourth-order valence-electron chi connectivity index (χ4n) is 4.28. The van der Waals surface area contributed by atoms with E-state index in [-0.39, 0.29) is 0 Å². The highest BCUT2D eigenvalue weighted by molar-refractivity contribution is 5.63. The SMILES string of the molecule is OC1(CCc2ccc(-c3ccccc3)cc2)CN2CCC1CC2. The highest BCUT2D eigenvalue weighted by atomic mass is 16.3. The van der Waals surface area contributed by atoms with Crippen molar-refractivity contribution in [2.75, 3.05) is 19.6 Å². The Bertz CT molecular complexity index is 643. The molecule has 3 saturated heterocycles. The van der Waals surface area contributed by atoms with Gasteiger partial charge in [0, 0.05) is 6.54 Å². The fourth-order valence-corrected chi connectivity index (χ4v) is 4.28. The Kier molecular flexibility index (Phi) is 3.96. The monoisotopic (exact) mass is 307 g/mol. The van der Waals surface area contributed by atoms with Gasteiger partial charge in [0.05, 0.1) is 5.60 Å². The first-order chi connectivity index (χ1) is 11.2. The molecule has 3 fully saturated rings. The fraction of sp³-hybridized carbons (Fsp3) is 0.429. The van der Waals surface area contributed by atoms with Crippen molar-refractivity contribution < 1.29 is 5.11 Å². The topological polar surface area (TPSA) is 23.5 Å². The summed E-state index contributed by atoms with van der Waals surface area (Å²) in [4.78, 5) is 2.43. The van der Waals surface area contributed by atoms with Crippen LogP contribution in [0.2, 0.25) is 0 Å². The molecule has 0 aromatic heterocycles. The Hall–Kier alpha value is -1.64. The maximum atomic E-state index is 11.0. The minimum Gasteiger partial charge on any atom is -0.388 e. The van der Waals surface area contributed by atoms with Gasteiger partial charge >= 0.3 is 0 Å². The molecule has 120 valence electrons. The Balaban J connectivity index is 1.42. The van der Waals surface area contributed by atoms with Crippen LogP contribution in [0.4, 0.5) is 0 Å². The van der Waals surface area contributed by atoms with Gasteiger partial charge in [0.1, 0.15) is 0 Å². The Morgan fingerprint density at radius 3 is 2.17 bits per heavy atom. The molecule has 1 N–H and O–H groups in total. The molecule has 2 aromatic rings. The smallest absolute Gasteiger partial charge is 0.0806 e. The number of rotatable bonds is 4. The van der Waals surface area contributed by atoms with E-state index in [4.69, 9.17) is 0 Å². The molecule has 2 heteroatoms. The van der Waals surface area contributed by atoms with Crippen LogP contribution in [0.25, 0.3) is 11.1 Å². The lowest BCUT2D eigenvalue weighted by molar-refractivity contribution is -0.115. The standard InChI is InChI=1S/C21H25NO/c23-21(16-22-14-11-20(21)12-15-22)13-10-17-6-8-19(9-7-17)18-4-2-1-3-5-18/h1-9,20,23H,10-16H2. The Morgan fingerprint density at radius 2 is 1.57 bits per heavy atom. The normalized spacial score (nSPS) is 29.6. The van der Waals surface area contributed by atoms with Crippen molar-refractivity contribution in [1.29, 1.82) is 0 Å². The number of nitrogens with zero attached hydrogens (tertiary/aromatic N) is 1. The molecular formula is C21H25NO. The van der Waals surface area contributed by atoms with E-state index in [1.54, 1.807) is 0 Å². The minimum absolute atomic E-state index is 0.464. The molecule has 0 spiro atoms. The molecule has 3 aliphatic heterocycles. The molecule has 1 atom stereocenters. The van der Waals surface area contributed by atoms with Crippen molar-refractivity contribution in [2.45, 2.75) is 31.3 Å². The number of benzene rings is 2. The first-order valence-electron chi connectivity index (χ1n) is 8.82. The third kappa shape index (κ3) is 3.06. The van der Waals surface area contributed by atoms with E-state index in [0.717, 1.165) is 19.4 Å². The molecule has 2 bridgehead atoms. The molecule has 0 aliphatic carbocycles. The van der Waals surface area contributed by atoms with Crippen molar-refractivity contribution >= 4 is 0 Å². The summed E-state index contributed by atoms with van der Waals surface area (Å²) in [7, 11) is 0. The first kappa shape index (κ1) is 14.9. The average Bonchev–Trinajstić information content (AvgIpc) is 2.62. The highest BCUT2D eigenvalue weighted by Gasteiger charge is 2.44. The van der Waals surface area contributed by atoms with Crippen LogP contribution in [-0.2, 0) is 6.42 Å². The third-order valence-corrected chi connectivity index (χ3v) is 5.75. The van der Waals surface area contributed by atoms with Gasteiger partial charge in [0.15, 0.2) is 0 Å². The van der Waals surface area contributed by atoms with Crippen LogP contribution in [0.15, 0.2) is 54.6 Å². The maximum absolute atomic E-state index is 11.0. The summed E-state index contributed by atoms with van der Waals surface area (Å²) in [5.41, 5.74) is 3.38. The second-order valence-corrected chi connectivity index (χ2v) is 7.22. The molecule has 0 radical (unpaired) electrons. The quantitative estimate of drug-likeness (QED) is 0.930. The Morgan fingerprint density at radius 1 is 0.913 bits per heavy atom. The van der Waals surface area contributed by atoms with E-state index < -0.39 is 5.60 Å². The molecule has 2 aromatic carbocycles. The van der Waals surface area contributed by atoms with Crippen molar-refractivity contribution in [3.63, 3.8) is 0 Å².